The van der Waals surface area contributed by atoms with E-state index < -0.39 is 17.6 Å². The van der Waals surface area contributed by atoms with Gasteiger partial charge in [0, 0.05) is 18.4 Å². The second kappa shape index (κ2) is 10.3. The molecule has 3 aliphatic rings. The first-order valence-corrected chi connectivity index (χ1v) is 11.8. The Balaban J connectivity index is 1.45. The third-order valence-corrected chi connectivity index (χ3v) is 7.13. The Morgan fingerprint density at radius 3 is 2.69 bits per heavy atom. The van der Waals surface area contributed by atoms with Gasteiger partial charge in [0.15, 0.2) is 0 Å². The maximum absolute atomic E-state index is 13.1. The molecule has 0 aromatic heterocycles. The van der Waals surface area contributed by atoms with Crippen LogP contribution < -0.4 is 0 Å². The molecule has 1 aromatic carbocycles. The van der Waals surface area contributed by atoms with E-state index in [9.17, 15) is 14.8 Å². The molecule has 2 unspecified atom stereocenters. The molecule has 1 N–H and O–H groups in total. The van der Waals surface area contributed by atoms with Crippen LogP contribution >= 0.6 is 0 Å². The van der Waals surface area contributed by atoms with Gasteiger partial charge < -0.3 is 9.84 Å². The zero-order valence-electron chi connectivity index (χ0n) is 18.5. The Labute approximate surface area is 189 Å². The molecule has 0 spiro atoms. The molecule has 2 fully saturated rings. The van der Waals surface area contributed by atoms with Crippen molar-refractivity contribution in [2.24, 2.45) is 17.0 Å². The first-order valence-electron chi connectivity index (χ1n) is 11.8. The number of hydrogen-bond donors (Lipinski definition) is 1. The van der Waals surface area contributed by atoms with Crippen molar-refractivity contribution in [2.45, 2.75) is 75.9 Å². The van der Waals surface area contributed by atoms with E-state index in [-0.39, 0.29) is 11.9 Å². The molecule has 1 aromatic rings. The zero-order valence-corrected chi connectivity index (χ0v) is 18.5. The fraction of sp³-hybridized carbons (Fsp3) is 0.519. The Hall–Kier alpha value is -2.71. The van der Waals surface area contributed by atoms with Crippen LogP contribution in [-0.4, -0.2) is 22.8 Å². The van der Waals surface area contributed by atoms with Gasteiger partial charge in [-0.25, -0.2) is 0 Å². The first-order chi connectivity index (χ1) is 15.6. The number of ether oxygens (including phenoxy) is 1. The van der Waals surface area contributed by atoms with Crippen LogP contribution in [0.25, 0.3) is 0 Å². The van der Waals surface area contributed by atoms with E-state index in [0.29, 0.717) is 37.8 Å². The van der Waals surface area contributed by atoms with Crippen molar-refractivity contribution in [1.29, 1.82) is 0 Å². The summed E-state index contributed by atoms with van der Waals surface area (Å²) in [4.78, 5) is 23.8. The highest BCUT2D eigenvalue weighted by molar-refractivity contribution is 5.75. The first kappa shape index (κ1) is 22.5. The molecule has 3 atom stereocenters. The van der Waals surface area contributed by atoms with E-state index in [0.717, 1.165) is 43.2 Å². The summed E-state index contributed by atoms with van der Waals surface area (Å²) in [5.74, 6) is 5.80. The van der Waals surface area contributed by atoms with E-state index in [1.165, 1.54) is 0 Å². The highest BCUT2D eigenvalue weighted by Gasteiger charge is 2.51. The van der Waals surface area contributed by atoms with Gasteiger partial charge >= 0.3 is 5.97 Å². The largest absolute Gasteiger partial charge is 0.458 e. The molecule has 2 aliphatic carbocycles. The number of nitrogens with zero attached hydrogens (tertiary/aromatic N) is 1. The van der Waals surface area contributed by atoms with Crippen LogP contribution in [0.5, 0.6) is 0 Å². The van der Waals surface area contributed by atoms with E-state index in [1.54, 1.807) is 6.08 Å². The molecule has 1 heterocycles. The lowest BCUT2D eigenvalue weighted by atomic mass is 9.73. The Morgan fingerprint density at radius 2 is 1.97 bits per heavy atom. The molecule has 5 nitrogen and oxygen atoms in total. The molecule has 0 bridgehead atoms. The van der Waals surface area contributed by atoms with Gasteiger partial charge in [-0.3, -0.25) is 4.79 Å². The van der Waals surface area contributed by atoms with Crippen LogP contribution in [0.3, 0.4) is 0 Å². The lowest BCUT2D eigenvalue weighted by Crippen LogP contribution is -2.53. The van der Waals surface area contributed by atoms with Crippen LogP contribution in [-0.2, 0) is 16.0 Å². The molecule has 0 radical (unpaired) electrons. The number of cyclic esters (lactones) is 1. The summed E-state index contributed by atoms with van der Waals surface area (Å²) in [5.41, 5.74) is 1.75. The van der Waals surface area contributed by atoms with Crippen LogP contribution in [0.1, 0.15) is 63.4 Å². The minimum Gasteiger partial charge on any atom is -0.458 e. The van der Waals surface area contributed by atoms with E-state index in [2.05, 4.69) is 17.0 Å². The lowest BCUT2D eigenvalue weighted by molar-refractivity contribution is -0.197. The molecule has 1 saturated carbocycles. The fourth-order valence-electron chi connectivity index (χ4n) is 5.40. The topological polar surface area (TPSA) is 76.0 Å². The molecule has 1 aliphatic heterocycles. The van der Waals surface area contributed by atoms with Crippen molar-refractivity contribution in [3.63, 3.8) is 0 Å². The number of benzene rings is 1. The molecule has 32 heavy (non-hydrogen) atoms. The van der Waals surface area contributed by atoms with Gasteiger partial charge in [-0.05, 0) is 61.3 Å². The average molecular weight is 434 g/mol. The van der Waals surface area contributed by atoms with Gasteiger partial charge in [0.2, 0.25) is 0 Å². The zero-order chi connectivity index (χ0) is 22.4. The maximum Gasteiger partial charge on any atom is 0.312 e. The number of aliphatic hydroxyl groups is 1. The molecule has 1 saturated heterocycles. The quantitative estimate of drug-likeness (QED) is 0.378. The maximum atomic E-state index is 13.1. The summed E-state index contributed by atoms with van der Waals surface area (Å²) < 4.78 is 6.19. The summed E-state index contributed by atoms with van der Waals surface area (Å²) >= 11 is 0. The summed E-state index contributed by atoms with van der Waals surface area (Å²) in [7, 11) is 0. The van der Waals surface area contributed by atoms with Gasteiger partial charge in [-0.15, -0.1) is 4.91 Å². The monoisotopic (exact) mass is 433 g/mol. The predicted octanol–water partition coefficient (Wildman–Crippen LogP) is 5.24. The molecule has 4 rings (SSSR count). The summed E-state index contributed by atoms with van der Waals surface area (Å²) in [5, 5.41) is 14.1. The van der Waals surface area contributed by atoms with E-state index >= 15 is 0 Å². The minimum absolute atomic E-state index is 0.278. The number of carbonyl (C=O) groups excluding carboxylic acids is 1. The number of allylic oxidation sites excluding steroid dienone is 4. The van der Waals surface area contributed by atoms with Gasteiger partial charge in [-0.1, -0.05) is 61.1 Å². The smallest absolute Gasteiger partial charge is 0.312 e. The number of rotatable bonds is 6. The molecule has 0 amide bonds. The summed E-state index contributed by atoms with van der Waals surface area (Å²) in [6, 6.07) is 9.80. The second-order valence-corrected chi connectivity index (χ2v) is 9.26. The molecule has 168 valence electrons. The van der Waals surface area contributed by atoms with Gasteiger partial charge in [0.25, 0.3) is 0 Å². The fourth-order valence-corrected chi connectivity index (χ4v) is 5.40. The molecular formula is C27H31NO4. The highest BCUT2D eigenvalue weighted by Crippen LogP contribution is 2.46. The molecule has 5 heteroatoms. The van der Waals surface area contributed by atoms with E-state index in [1.807, 2.05) is 36.4 Å². The summed E-state index contributed by atoms with van der Waals surface area (Å²) in [6.07, 6.45) is 11.0. The molecular weight excluding hydrogens is 402 g/mol. The predicted molar refractivity (Wildman–Crippen MR) is 123 cm³/mol. The van der Waals surface area contributed by atoms with Gasteiger partial charge in [0.1, 0.15) is 5.60 Å². The summed E-state index contributed by atoms with van der Waals surface area (Å²) in [6.45, 7) is 0. The highest BCUT2D eigenvalue weighted by atomic mass is 16.6. The van der Waals surface area contributed by atoms with Crippen LogP contribution in [0.15, 0.2) is 58.9 Å². The van der Waals surface area contributed by atoms with Crippen LogP contribution in [0.4, 0.5) is 0 Å². The minimum atomic E-state index is -0.713. The Kier molecular flexibility index (Phi) is 7.22. The van der Waals surface area contributed by atoms with Gasteiger partial charge in [0.05, 0.1) is 17.7 Å². The van der Waals surface area contributed by atoms with Crippen molar-refractivity contribution in [3.05, 3.63) is 64.2 Å². The SMILES string of the molecule is O=NC1=CC(C#CCCC2(C3CCCC3)C[C@@H](O)C(Cc3ccccc3)C(=O)O2)=CCC1. The van der Waals surface area contributed by atoms with Crippen LogP contribution in [0.2, 0.25) is 0 Å². The third kappa shape index (κ3) is 5.19. The van der Waals surface area contributed by atoms with E-state index in [4.69, 9.17) is 4.74 Å². The number of hydrogen-bond acceptors (Lipinski definition) is 5. The van der Waals surface area contributed by atoms with Crippen molar-refractivity contribution < 1.29 is 14.6 Å². The number of esters is 1. The average Bonchev–Trinajstić information content (AvgIpc) is 3.36. The Bertz CT molecular complexity index is 949. The standard InChI is InChI=1S/C27H31NO4/c29-25-19-27(22-13-4-5-14-22,16-7-6-11-20-12-8-15-23(17-20)28-31)32-26(30)24(25)18-21-9-2-1-3-10-21/h1-3,9-10,12,17,22,24-25,29H,4-5,7-8,13-16,18-19H2/t24?,25-,27?/m1/s1. The number of carbonyl (C=O) groups is 1. The van der Waals surface area contributed by atoms with Crippen molar-refractivity contribution in [2.75, 3.05) is 0 Å². The normalized spacial score (nSPS) is 28.2. The third-order valence-electron chi connectivity index (χ3n) is 7.13. The van der Waals surface area contributed by atoms with Crippen molar-refractivity contribution in [1.82, 2.24) is 0 Å². The Morgan fingerprint density at radius 1 is 1.19 bits per heavy atom. The van der Waals surface area contributed by atoms with Crippen molar-refractivity contribution >= 4 is 5.97 Å². The number of aliphatic hydroxyl groups excluding tert-OH is 1. The van der Waals surface area contributed by atoms with Gasteiger partial charge in [-0.2, -0.15) is 0 Å². The van der Waals surface area contributed by atoms with Crippen molar-refractivity contribution in [3.8, 4) is 11.8 Å². The van der Waals surface area contributed by atoms with Crippen LogP contribution in [0, 0.1) is 28.6 Å². The number of nitroso groups, excluding NO2 is 1. The lowest BCUT2D eigenvalue weighted by Gasteiger charge is -2.45. The second-order valence-electron chi connectivity index (χ2n) is 9.26.